The van der Waals surface area contributed by atoms with Gasteiger partial charge in [-0.1, -0.05) is 32.8 Å². The van der Waals surface area contributed by atoms with Gasteiger partial charge < -0.3 is 16.4 Å². The molecule has 6 nitrogen and oxygen atoms in total. The van der Waals surface area contributed by atoms with Crippen LogP contribution in [0.5, 0.6) is 0 Å². The van der Waals surface area contributed by atoms with Gasteiger partial charge in [0.15, 0.2) is 5.82 Å². The lowest BCUT2D eigenvalue weighted by atomic mass is 9.97. The standard InChI is InChI=1S/C22H30N6/c1-4-6-8-15-10-11-17(14-16(15)9-7-5-2)28(3)19-13-12-18-20(26-19)21(23)27-22(24)25-18/h10-14H,4-9H2,1-3H3,(H4,23,24,25,27). The Labute approximate surface area is 167 Å². The Bertz CT molecular complexity index is 953. The topological polar surface area (TPSA) is 94.0 Å². The highest BCUT2D eigenvalue weighted by Crippen LogP contribution is 2.28. The van der Waals surface area contributed by atoms with E-state index in [0.717, 1.165) is 24.3 Å². The summed E-state index contributed by atoms with van der Waals surface area (Å²) in [6, 6.07) is 10.6. The van der Waals surface area contributed by atoms with E-state index in [1.807, 2.05) is 19.2 Å². The van der Waals surface area contributed by atoms with E-state index >= 15 is 0 Å². The minimum Gasteiger partial charge on any atom is -0.382 e. The highest BCUT2D eigenvalue weighted by Gasteiger charge is 2.12. The van der Waals surface area contributed by atoms with Crippen LogP contribution >= 0.6 is 0 Å². The number of pyridine rings is 1. The van der Waals surface area contributed by atoms with Gasteiger partial charge in [0.05, 0.1) is 5.52 Å². The van der Waals surface area contributed by atoms with Gasteiger partial charge in [-0.3, -0.25) is 0 Å². The Kier molecular flexibility index (Phi) is 6.29. The van der Waals surface area contributed by atoms with Crippen molar-refractivity contribution in [2.75, 3.05) is 23.4 Å². The summed E-state index contributed by atoms with van der Waals surface area (Å²) in [7, 11) is 2.02. The van der Waals surface area contributed by atoms with Crippen LogP contribution in [-0.2, 0) is 12.8 Å². The van der Waals surface area contributed by atoms with E-state index < -0.39 is 0 Å². The number of nitrogen functional groups attached to an aromatic ring is 2. The Morgan fingerprint density at radius 1 is 0.857 bits per heavy atom. The molecule has 1 aromatic carbocycles. The average molecular weight is 379 g/mol. The van der Waals surface area contributed by atoms with Crippen molar-refractivity contribution in [1.82, 2.24) is 15.0 Å². The van der Waals surface area contributed by atoms with Crippen molar-refractivity contribution < 1.29 is 0 Å². The van der Waals surface area contributed by atoms with E-state index in [2.05, 4.69) is 51.9 Å². The average Bonchev–Trinajstić information content (AvgIpc) is 2.70. The van der Waals surface area contributed by atoms with Gasteiger partial charge in [-0.25, -0.2) is 9.97 Å². The molecular formula is C22H30N6. The van der Waals surface area contributed by atoms with E-state index in [9.17, 15) is 0 Å². The van der Waals surface area contributed by atoms with Crippen molar-refractivity contribution in [3.05, 3.63) is 41.5 Å². The van der Waals surface area contributed by atoms with Crippen molar-refractivity contribution in [2.24, 2.45) is 0 Å². The summed E-state index contributed by atoms with van der Waals surface area (Å²) in [5.74, 6) is 1.27. The summed E-state index contributed by atoms with van der Waals surface area (Å²) in [4.78, 5) is 15.0. The van der Waals surface area contributed by atoms with E-state index in [1.165, 1.54) is 36.8 Å². The minimum absolute atomic E-state index is 0.163. The van der Waals surface area contributed by atoms with Crippen molar-refractivity contribution >= 4 is 34.3 Å². The molecule has 0 saturated heterocycles. The molecule has 0 aliphatic heterocycles. The number of aryl methyl sites for hydroxylation is 2. The SMILES string of the molecule is CCCCc1ccc(N(C)c2ccc3nc(N)nc(N)c3n2)cc1CCCC. The fourth-order valence-corrected chi connectivity index (χ4v) is 3.40. The van der Waals surface area contributed by atoms with Gasteiger partial charge in [-0.05, 0) is 61.1 Å². The summed E-state index contributed by atoms with van der Waals surface area (Å²) < 4.78 is 0. The van der Waals surface area contributed by atoms with Gasteiger partial charge in [0.1, 0.15) is 11.3 Å². The van der Waals surface area contributed by atoms with Crippen molar-refractivity contribution in [2.45, 2.75) is 52.4 Å². The van der Waals surface area contributed by atoms with Gasteiger partial charge >= 0.3 is 0 Å². The molecule has 0 aliphatic carbocycles. The zero-order valence-electron chi connectivity index (χ0n) is 17.1. The summed E-state index contributed by atoms with van der Waals surface area (Å²) in [6.45, 7) is 4.47. The van der Waals surface area contributed by atoms with Crippen molar-refractivity contribution in [3.8, 4) is 0 Å². The fourth-order valence-electron chi connectivity index (χ4n) is 3.40. The quantitative estimate of drug-likeness (QED) is 0.593. The molecule has 3 aromatic rings. The molecule has 3 rings (SSSR count). The zero-order valence-corrected chi connectivity index (χ0v) is 17.1. The van der Waals surface area contributed by atoms with Crippen LogP contribution in [0, 0.1) is 0 Å². The summed E-state index contributed by atoms with van der Waals surface area (Å²) in [5, 5.41) is 0. The van der Waals surface area contributed by atoms with Crippen LogP contribution in [-0.4, -0.2) is 22.0 Å². The highest BCUT2D eigenvalue weighted by molar-refractivity contribution is 5.86. The first-order valence-corrected chi connectivity index (χ1v) is 10.1. The molecule has 0 radical (unpaired) electrons. The molecule has 0 unspecified atom stereocenters. The maximum absolute atomic E-state index is 6.00. The van der Waals surface area contributed by atoms with Crippen LogP contribution in [0.2, 0.25) is 0 Å². The zero-order chi connectivity index (χ0) is 20.1. The van der Waals surface area contributed by atoms with Crippen LogP contribution in [0.3, 0.4) is 0 Å². The predicted molar refractivity (Wildman–Crippen MR) is 118 cm³/mol. The minimum atomic E-state index is 0.163. The number of rotatable bonds is 8. The van der Waals surface area contributed by atoms with E-state index in [1.54, 1.807) is 0 Å². The number of nitrogens with two attached hydrogens (primary N) is 2. The second-order valence-electron chi connectivity index (χ2n) is 7.22. The number of hydrogen-bond donors (Lipinski definition) is 2. The van der Waals surface area contributed by atoms with Crippen LogP contribution in [0.15, 0.2) is 30.3 Å². The largest absolute Gasteiger partial charge is 0.382 e. The smallest absolute Gasteiger partial charge is 0.222 e. The number of hydrogen-bond acceptors (Lipinski definition) is 6. The van der Waals surface area contributed by atoms with E-state index in [-0.39, 0.29) is 5.95 Å². The Morgan fingerprint density at radius 2 is 1.57 bits per heavy atom. The highest BCUT2D eigenvalue weighted by atomic mass is 15.2. The molecule has 0 saturated carbocycles. The fraction of sp³-hybridized carbons (Fsp3) is 0.409. The molecule has 0 spiro atoms. The number of nitrogens with zero attached hydrogens (tertiary/aromatic N) is 4. The summed E-state index contributed by atoms with van der Waals surface area (Å²) in [5.41, 5.74) is 16.9. The number of benzene rings is 1. The molecule has 0 bridgehead atoms. The second-order valence-corrected chi connectivity index (χ2v) is 7.22. The summed E-state index contributed by atoms with van der Waals surface area (Å²) >= 11 is 0. The van der Waals surface area contributed by atoms with Crippen LogP contribution < -0.4 is 16.4 Å². The second kappa shape index (κ2) is 8.87. The van der Waals surface area contributed by atoms with Gasteiger partial charge in [0.25, 0.3) is 0 Å². The molecule has 4 N–H and O–H groups in total. The van der Waals surface area contributed by atoms with Crippen LogP contribution in [0.1, 0.15) is 50.7 Å². The third kappa shape index (κ3) is 4.32. The van der Waals surface area contributed by atoms with Crippen LogP contribution in [0.4, 0.5) is 23.3 Å². The lowest BCUT2D eigenvalue weighted by Gasteiger charge is -2.21. The van der Waals surface area contributed by atoms with Gasteiger partial charge in [-0.2, -0.15) is 4.98 Å². The lowest BCUT2D eigenvalue weighted by molar-refractivity contribution is 0.758. The van der Waals surface area contributed by atoms with Gasteiger partial charge in [0.2, 0.25) is 5.95 Å². The van der Waals surface area contributed by atoms with Gasteiger partial charge in [0, 0.05) is 12.7 Å². The third-order valence-electron chi connectivity index (χ3n) is 5.09. The maximum atomic E-state index is 6.00. The first kappa shape index (κ1) is 19.9. The number of unbranched alkanes of at least 4 members (excludes halogenated alkanes) is 2. The Morgan fingerprint density at radius 3 is 2.29 bits per heavy atom. The Hall–Kier alpha value is -2.89. The molecule has 6 heteroatoms. The normalized spacial score (nSPS) is 11.1. The lowest BCUT2D eigenvalue weighted by Crippen LogP contribution is -2.13. The number of anilines is 4. The monoisotopic (exact) mass is 378 g/mol. The van der Waals surface area contributed by atoms with Crippen molar-refractivity contribution in [1.29, 1.82) is 0 Å². The van der Waals surface area contributed by atoms with Crippen LogP contribution in [0.25, 0.3) is 11.0 Å². The Balaban J connectivity index is 1.94. The molecule has 2 heterocycles. The molecule has 148 valence electrons. The molecule has 2 aromatic heterocycles. The molecular weight excluding hydrogens is 348 g/mol. The predicted octanol–water partition coefficient (Wildman–Crippen LogP) is 4.64. The molecule has 0 aliphatic rings. The number of aromatic nitrogens is 3. The molecule has 0 amide bonds. The first-order valence-electron chi connectivity index (χ1n) is 10.1. The van der Waals surface area contributed by atoms with Gasteiger partial charge in [-0.15, -0.1) is 0 Å². The summed E-state index contributed by atoms with van der Waals surface area (Å²) in [6.07, 6.45) is 7.09. The molecule has 0 fully saturated rings. The molecule has 28 heavy (non-hydrogen) atoms. The van der Waals surface area contributed by atoms with E-state index in [4.69, 9.17) is 11.5 Å². The molecule has 0 atom stereocenters. The first-order chi connectivity index (χ1) is 13.5. The van der Waals surface area contributed by atoms with Crippen molar-refractivity contribution in [3.63, 3.8) is 0 Å². The maximum Gasteiger partial charge on any atom is 0.222 e. The third-order valence-corrected chi connectivity index (χ3v) is 5.09. The number of fused-ring (bicyclic) bond motifs is 1. The van der Waals surface area contributed by atoms with E-state index in [0.29, 0.717) is 16.9 Å².